The van der Waals surface area contributed by atoms with Crippen molar-refractivity contribution in [2.45, 2.75) is 45.1 Å². The molecule has 3 nitrogen and oxygen atoms in total. The summed E-state index contributed by atoms with van der Waals surface area (Å²) in [5, 5.41) is 1.07. The van der Waals surface area contributed by atoms with Crippen molar-refractivity contribution in [2.24, 2.45) is 0 Å². The lowest BCUT2D eigenvalue weighted by molar-refractivity contribution is 0.418. The average molecular weight is 269 g/mol. The van der Waals surface area contributed by atoms with Crippen LogP contribution in [0.1, 0.15) is 39.0 Å². The van der Waals surface area contributed by atoms with Gasteiger partial charge in [-0.1, -0.05) is 19.3 Å². The molecule has 1 aliphatic rings. The molecule has 3 heteroatoms. The molecular weight excluding hydrogens is 246 g/mol. The fourth-order valence-corrected chi connectivity index (χ4v) is 3.43. The van der Waals surface area contributed by atoms with Gasteiger partial charge >= 0.3 is 0 Å². The Balaban J connectivity index is 2.05. The number of fused-ring (bicyclic) bond motifs is 1. The Morgan fingerprint density at radius 1 is 1.20 bits per heavy atom. The van der Waals surface area contributed by atoms with E-state index in [1.54, 1.807) is 0 Å². The van der Waals surface area contributed by atoms with Crippen molar-refractivity contribution in [3.05, 3.63) is 30.5 Å². The Bertz CT molecular complexity index is 588. The van der Waals surface area contributed by atoms with Gasteiger partial charge in [0.15, 0.2) is 0 Å². The number of aromatic nitrogens is 1. The predicted molar refractivity (Wildman–Crippen MR) is 86.0 cm³/mol. The Hall–Kier alpha value is -1.77. The number of benzene rings is 1. The predicted octanol–water partition coefficient (Wildman–Crippen LogP) is 3.98. The van der Waals surface area contributed by atoms with Gasteiger partial charge in [-0.15, -0.1) is 0 Å². The number of hydrogen-bond donors (Lipinski definition) is 1. The highest BCUT2D eigenvalue weighted by atomic mass is 15.2. The summed E-state index contributed by atoms with van der Waals surface area (Å²) in [5.41, 5.74) is 9.18. The molecule has 0 saturated heterocycles. The fourth-order valence-electron chi connectivity index (χ4n) is 3.43. The van der Waals surface area contributed by atoms with Gasteiger partial charge in [0.05, 0.1) is 11.2 Å². The molecule has 20 heavy (non-hydrogen) atoms. The molecular formula is C17H23N3. The molecule has 1 aromatic heterocycles. The van der Waals surface area contributed by atoms with E-state index in [1.807, 2.05) is 18.3 Å². The lowest BCUT2D eigenvalue weighted by Crippen LogP contribution is -2.36. The summed E-state index contributed by atoms with van der Waals surface area (Å²) in [6, 6.07) is 8.84. The summed E-state index contributed by atoms with van der Waals surface area (Å²) in [7, 11) is 0. The SMILES string of the molecule is CCN(c1ccc(N)c2cccnc12)C1CCCCC1. The molecule has 2 aromatic rings. The quantitative estimate of drug-likeness (QED) is 0.857. The van der Waals surface area contributed by atoms with Crippen molar-refractivity contribution in [2.75, 3.05) is 17.2 Å². The molecule has 106 valence electrons. The van der Waals surface area contributed by atoms with Gasteiger partial charge < -0.3 is 10.6 Å². The first-order chi connectivity index (χ1) is 9.81. The number of pyridine rings is 1. The topological polar surface area (TPSA) is 42.1 Å². The molecule has 0 spiro atoms. The maximum absolute atomic E-state index is 6.09. The third kappa shape index (κ3) is 2.33. The van der Waals surface area contributed by atoms with Crippen LogP contribution in [0.2, 0.25) is 0 Å². The van der Waals surface area contributed by atoms with E-state index in [2.05, 4.69) is 28.9 Å². The van der Waals surface area contributed by atoms with E-state index >= 15 is 0 Å². The van der Waals surface area contributed by atoms with Gasteiger partial charge in [-0.05, 0) is 44.0 Å². The number of rotatable bonds is 3. The molecule has 0 unspecified atom stereocenters. The first kappa shape index (κ1) is 13.2. The second kappa shape index (κ2) is 5.70. The van der Waals surface area contributed by atoms with Gasteiger partial charge in [-0.25, -0.2) is 0 Å². The van der Waals surface area contributed by atoms with E-state index < -0.39 is 0 Å². The summed E-state index contributed by atoms with van der Waals surface area (Å²) >= 11 is 0. The fraction of sp³-hybridized carbons (Fsp3) is 0.471. The zero-order chi connectivity index (χ0) is 13.9. The molecule has 1 aromatic carbocycles. The van der Waals surface area contributed by atoms with Crippen LogP contribution < -0.4 is 10.6 Å². The van der Waals surface area contributed by atoms with Gasteiger partial charge in [0.25, 0.3) is 0 Å². The van der Waals surface area contributed by atoms with Gasteiger partial charge in [0.2, 0.25) is 0 Å². The van der Waals surface area contributed by atoms with Crippen LogP contribution in [0.5, 0.6) is 0 Å². The molecule has 1 aliphatic carbocycles. The van der Waals surface area contributed by atoms with Crippen LogP contribution in [0, 0.1) is 0 Å². The highest BCUT2D eigenvalue weighted by Gasteiger charge is 2.22. The van der Waals surface area contributed by atoms with Crippen LogP contribution >= 0.6 is 0 Å². The summed E-state index contributed by atoms with van der Waals surface area (Å²) < 4.78 is 0. The zero-order valence-corrected chi connectivity index (χ0v) is 12.2. The Kier molecular flexibility index (Phi) is 3.77. The monoisotopic (exact) mass is 269 g/mol. The van der Waals surface area contributed by atoms with Crippen molar-refractivity contribution in [1.82, 2.24) is 4.98 Å². The zero-order valence-electron chi connectivity index (χ0n) is 12.2. The molecule has 0 aliphatic heterocycles. The first-order valence-electron chi connectivity index (χ1n) is 7.71. The van der Waals surface area contributed by atoms with Gasteiger partial charge in [0.1, 0.15) is 0 Å². The molecule has 0 radical (unpaired) electrons. The van der Waals surface area contributed by atoms with E-state index in [9.17, 15) is 0 Å². The number of hydrogen-bond acceptors (Lipinski definition) is 3. The van der Waals surface area contributed by atoms with Crippen molar-refractivity contribution >= 4 is 22.3 Å². The molecule has 1 saturated carbocycles. The number of nitrogens with zero attached hydrogens (tertiary/aromatic N) is 2. The van der Waals surface area contributed by atoms with Crippen LogP contribution in [-0.2, 0) is 0 Å². The number of nitrogen functional groups attached to an aromatic ring is 1. The molecule has 3 rings (SSSR count). The highest BCUT2D eigenvalue weighted by Crippen LogP contribution is 2.33. The van der Waals surface area contributed by atoms with E-state index in [-0.39, 0.29) is 0 Å². The van der Waals surface area contributed by atoms with Crippen molar-refractivity contribution in [3.8, 4) is 0 Å². The molecule has 2 N–H and O–H groups in total. The van der Waals surface area contributed by atoms with Crippen LogP contribution in [0.15, 0.2) is 30.5 Å². The van der Waals surface area contributed by atoms with Crippen molar-refractivity contribution < 1.29 is 0 Å². The Morgan fingerprint density at radius 3 is 2.75 bits per heavy atom. The third-order valence-electron chi connectivity index (χ3n) is 4.45. The van der Waals surface area contributed by atoms with Crippen LogP contribution in [0.25, 0.3) is 10.9 Å². The summed E-state index contributed by atoms with van der Waals surface area (Å²) in [4.78, 5) is 7.11. The Labute approximate surface area is 120 Å². The largest absolute Gasteiger partial charge is 0.398 e. The maximum Gasteiger partial charge on any atom is 0.0956 e. The molecule has 0 atom stereocenters. The lowest BCUT2D eigenvalue weighted by Gasteiger charge is -2.35. The number of nitrogens with two attached hydrogens (primary N) is 1. The molecule has 1 fully saturated rings. The second-order valence-electron chi connectivity index (χ2n) is 5.65. The van der Waals surface area contributed by atoms with E-state index in [4.69, 9.17) is 5.73 Å². The summed E-state index contributed by atoms with van der Waals surface area (Å²) in [5.74, 6) is 0. The minimum Gasteiger partial charge on any atom is -0.398 e. The third-order valence-corrected chi connectivity index (χ3v) is 4.45. The van der Waals surface area contributed by atoms with E-state index in [1.165, 1.54) is 37.8 Å². The second-order valence-corrected chi connectivity index (χ2v) is 5.65. The lowest BCUT2D eigenvalue weighted by atomic mass is 9.93. The highest BCUT2D eigenvalue weighted by molar-refractivity contribution is 5.98. The standard InChI is InChI=1S/C17H23N3/c1-2-20(13-7-4-3-5-8-13)16-11-10-15(18)14-9-6-12-19-17(14)16/h6,9-13H,2-5,7-8,18H2,1H3. The average Bonchev–Trinajstić information content (AvgIpc) is 2.52. The van der Waals surface area contributed by atoms with Crippen LogP contribution in [-0.4, -0.2) is 17.6 Å². The minimum atomic E-state index is 0.655. The van der Waals surface area contributed by atoms with Crippen LogP contribution in [0.3, 0.4) is 0 Å². The summed E-state index contributed by atoms with van der Waals surface area (Å²) in [6.07, 6.45) is 8.54. The van der Waals surface area contributed by atoms with Gasteiger partial charge in [-0.2, -0.15) is 0 Å². The molecule has 0 bridgehead atoms. The van der Waals surface area contributed by atoms with E-state index in [0.717, 1.165) is 23.1 Å². The van der Waals surface area contributed by atoms with Gasteiger partial charge in [0, 0.05) is 29.9 Å². The van der Waals surface area contributed by atoms with Crippen LogP contribution in [0.4, 0.5) is 11.4 Å². The summed E-state index contributed by atoms with van der Waals surface area (Å²) in [6.45, 7) is 3.26. The van der Waals surface area contributed by atoms with E-state index in [0.29, 0.717) is 6.04 Å². The Morgan fingerprint density at radius 2 is 2.00 bits per heavy atom. The van der Waals surface area contributed by atoms with Gasteiger partial charge in [-0.3, -0.25) is 4.98 Å². The normalized spacial score (nSPS) is 16.4. The minimum absolute atomic E-state index is 0.655. The smallest absolute Gasteiger partial charge is 0.0956 e. The van der Waals surface area contributed by atoms with Crippen molar-refractivity contribution in [3.63, 3.8) is 0 Å². The molecule has 0 amide bonds. The van der Waals surface area contributed by atoms with Crippen molar-refractivity contribution in [1.29, 1.82) is 0 Å². The number of anilines is 2. The molecule has 1 heterocycles. The maximum atomic E-state index is 6.09. The first-order valence-corrected chi connectivity index (χ1v) is 7.71.